The molecule has 1 heterocycles. The summed E-state index contributed by atoms with van der Waals surface area (Å²) in [7, 11) is 0. The quantitative estimate of drug-likeness (QED) is 0.883. The van der Waals surface area contributed by atoms with E-state index in [1.165, 1.54) is 6.07 Å². The second-order valence-corrected chi connectivity index (χ2v) is 4.35. The number of aryl methyl sites for hydroxylation is 1. The molecule has 0 saturated carbocycles. The summed E-state index contributed by atoms with van der Waals surface area (Å²) in [6, 6.07) is 3.16. The Balaban J connectivity index is 2.50. The molecule has 2 rings (SSSR count). The van der Waals surface area contributed by atoms with Crippen LogP contribution >= 0.6 is 11.6 Å². The zero-order valence-corrected chi connectivity index (χ0v) is 10.5. The van der Waals surface area contributed by atoms with Gasteiger partial charge in [-0.1, -0.05) is 11.6 Å². The predicted molar refractivity (Wildman–Crippen MR) is 65.0 cm³/mol. The molecule has 0 radical (unpaired) electrons. The van der Waals surface area contributed by atoms with Crippen LogP contribution < -0.4 is 0 Å². The third kappa shape index (κ3) is 3.13. The third-order valence-corrected chi connectivity index (χ3v) is 2.87. The van der Waals surface area contributed by atoms with Gasteiger partial charge in [0.25, 0.3) is 0 Å². The van der Waals surface area contributed by atoms with Gasteiger partial charge in [0.15, 0.2) is 0 Å². The number of fused-ring (bicyclic) bond motifs is 1. The van der Waals surface area contributed by atoms with Crippen molar-refractivity contribution in [3.8, 4) is 0 Å². The second-order valence-electron chi connectivity index (χ2n) is 3.99. The topological polar surface area (TPSA) is 46.0 Å². The minimum absolute atomic E-state index is 0.0401. The standard InChI is InChI=1S/C12H10ClF3N2O/c13-11-8-4-3-7(12(14,15)16)6-9(8)17-10(18-11)2-1-5-19/h3-4,6,19H,1-2,5H2. The average Bonchev–Trinajstić information content (AvgIpc) is 2.34. The van der Waals surface area contributed by atoms with Gasteiger partial charge in [-0.15, -0.1) is 0 Å². The number of nitrogens with zero attached hydrogens (tertiary/aromatic N) is 2. The van der Waals surface area contributed by atoms with Crippen LogP contribution in [0, 0.1) is 0 Å². The lowest BCUT2D eigenvalue weighted by molar-refractivity contribution is -0.137. The lowest BCUT2D eigenvalue weighted by atomic mass is 10.1. The molecule has 0 unspecified atom stereocenters. The molecule has 7 heteroatoms. The summed E-state index contributed by atoms with van der Waals surface area (Å²) >= 11 is 5.91. The Labute approximate surface area is 112 Å². The van der Waals surface area contributed by atoms with Gasteiger partial charge in [-0.05, 0) is 24.6 Å². The van der Waals surface area contributed by atoms with Crippen LogP contribution in [0.3, 0.4) is 0 Å². The molecule has 0 saturated heterocycles. The lowest BCUT2D eigenvalue weighted by Gasteiger charge is -2.09. The first-order chi connectivity index (χ1) is 8.91. The number of rotatable bonds is 3. The molecule has 3 nitrogen and oxygen atoms in total. The summed E-state index contributed by atoms with van der Waals surface area (Å²) in [6.45, 7) is -0.0401. The summed E-state index contributed by atoms with van der Waals surface area (Å²) < 4.78 is 37.8. The fourth-order valence-corrected chi connectivity index (χ4v) is 1.92. The largest absolute Gasteiger partial charge is 0.416 e. The predicted octanol–water partition coefficient (Wildman–Crippen LogP) is 3.23. The molecule has 0 amide bonds. The molecular formula is C12H10ClF3N2O. The van der Waals surface area contributed by atoms with Crippen molar-refractivity contribution in [2.75, 3.05) is 6.61 Å². The van der Waals surface area contributed by atoms with Gasteiger partial charge in [-0.25, -0.2) is 9.97 Å². The molecule has 0 aliphatic heterocycles. The summed E-state index contributed by atoms with van der Waals surface area (Å²) in [5.41, 5.74) is -0.620. The van der Waals surface area contributed by atoms with E-state index in [-0.39, 0.29) is 17.3 Å². The van der Waals surface area contributed by atoms with E-state index >= 15 is 0 Å². The van der Waals surface area contributed by atoms with Gasteiger partial charge in [0.1, 0.15) is 11.0 Å². The Morgan fingerprint density at radius 2 is 1.95 bits per heavy atom. The molecule has 0 spiro atoms. The maximum absolute atomic E-state index is 12.6. The van der Waals surface area contributed by atoms with Crippen molar-refractivity contribution in [1.82, 2.24) is 9.97 Å². The molecule has 19 heavy (non-hydrogen) atoms. The van der Waals surface area contributed by atoms with Gasteiger partial charge in [0, 0.05) is 18.4 Å². The molecule has 0 bridgehead atoms. The van der Waals surface area contributed by atoms with Gasteiger partial charge in [-0.3, -0.25) is 0 Å². The molecular weight excluding hydrogens is 281 g/mol. The number of aliphatic hydroxyl groups excluding tert-OH is 1. The van der Waals surface area contributed by atoms with Gasteiger partial charge < -0.3 is 5.11 Å². The van der Waals surface area contributed by atoms with Crippen LogP contribution in [0.4, 0.5) is 13.2 Å². The zero-order chi connectivity index (χ0) is 14.0. The number of alkyl halides is 3. The molecule has 0 aliphatic carbocycles. The SMILES string of the molecule is OCCCc1nc(Cl)c2ccc(C(F)(F)F)cc2n1. The number of aromatic nitrogens is 2. The first kappa shape index (κ1) is 14.0. The highest BCUT2D eigenvalue weighted by Gasteiger charge is 2.30. The molecule has 1 N–H and O–H groups in total. The van der Waals surface area contributed by atoms with Gasteiger partial charge in [0.05, 0.1) is 11.1 Å². The first-order valence-corrected chi connectivity index (χ1v) is 5.94. The van der Waals surface area contributed by atoms with Crippen LogP contribution in [-0.4, -0.2) is 21.7 Å². The van der Waals surface area contributed by atoms with Crippen LogP contribution in [0.25, 0.3) is 10.9 Å². The molecule has 2 aromatic rings. The molecule has 102 valence electrons. The van der Waals surface area contributed by atoms with E-state index in [0.29, 0.717) is 24.1 Å². The van der Waals surface area contributed by atoms with E-state index in [4.69, 9.17) is 16.7 Å². The Morgan fingerprint density at radius 1 is 1.21 bits per heavy atom. The minimum Gasteiger partial charge on any atom is -0.396 e. The highest BCUT2D eigenvalue weighted by Crippen LogP contribution is 2.32. The minimum atomic E-state index is -4.42. The molecule has 0 fully saturated rings. The van der Waals surface area contributed by atoms with Crippen molar-refractivity contribution >= 4 is 22.5 Å². The molecule has 1 aromatic carbocycles. The summed E-state index contributed by atoms with van der Waals surface area (Å²) in [5.74, 6) is 0.325. The van der Waals surface area contributed by atoms with E-state index < -0.39 is 11.7 Å². The average molecular weight is 291 g/mol. The van der Waals surface area contributed by atoms with Crippen molar-refractivity contribution in [2.45, 2.75) is 19.0 Å². The Kier molecular flexibility index (Phi) is 3.91. The fourth-order valence-electron chi connectivity index (χ4n) is 1.66. The Morgan fingerprint density at radius 3 is 2.58 bits per heavy atom. The number of benzene rings is 1. The maximum atomic E-state index is 12.6. The Hall–Kier alpha value is -1.40. The van der Waals surface area contributed by atoms with Crippen molar-refractivity contribution in [2.24, 2.45) is 0 Å². The monoisotopic (exact) mass is 290 g/mol. The van der Waals surface area contributed by atoms with Crippen molar-refractivity contribution in [3.63, 3.8) is 0 Å². The smallest absolute Gasteiger partial charge is 0.396 e. The van der Waals surface area contributed by atoms with E-state index in [1.807, 2.05) is 0 Å². The summed E-state index contributed by atoms with van der Waals surface area (Å²) in [6.07, 6.45) is -3.62. The highest BCUT2D eigenvalue weighted by atomic mass is 35.5. The maximum Gasteiger partial charge on any atom is 0.416 e. The van der Waals surface area contributed by atoms with Crippen LogP contribution in [0.2, 0.25) is 5.15 Å². The second kappa shape index (κ2) is 5.30. The zero-order valence-electron chi connectivity index (χ0n) is 9.71. The van der Waals surface area contributed by atoms with Gasteiger partial charge in [-0.2, -0.15) is 13.2 Å². The van der Waals surface area contributed by atoms with Crippen LogP contribution in [0.5, 0.6) is 0 Å². The van der Waals surface area contributed by atoms with Crippen LogP contribution in [0.1, 0.15) is 17.8 Å². The van der Waals surface area contributed by atoms with E-state index in [2.05, 4.69) is 9.97 Å². The third-order valence-electron chi connectivity index (χ3n) is 2.58. The van der Waals surface area contributed by atoms with E-state index in [9.17, 15) is 13.2 Å². The first-order valence-electron chi connectivity index (χ1n) is 5.56. The summed E-state index contributed by atoms with van der Waals surface area (Å²) in [4.78, 5) is 8.03. The Bertz CT molecular complexity index is 601. The number of aliphatic hydroxyl groups is 1. The van der Waals surface area contributed by atoms with Crippen LogP contribution in [-0.2, 0) is 12.6 Å². The van der Waals surface area contributed by atoms with Gasteiger partial charge in [0.2, 0.25) is 0 Å². The number of hydrogen-bond donors (Lipinski definition) is 1. The molecule has 0 atom stereocenters. The molecule has 1 aromatic heterocycles. The number of hydrogen-bond acceptors (Lipinski definition) is 3. The lowest BCUT2D eigenvalue weighted by Crippen LogP contribution is -2.05. The number of halogens is 4. The fraction of sp³-hybridized carbons (Fsp3) is 0.333. The van der Waals surface area contributed by atoms with Crippen LogP contribution in [0.15, 0.2) is 18.2 Å². The van der Waals surface area contributed by atoms with Crippen molar-refractivity contribution < 1.29 is 18.3 Å². The van der Waals surface area contributed by atoms with Crippen molar-refractivity contribution in [3.05, 3.63) is 34.7 Å². The highest BCUT2D eigenvalue weighted by molar-refractivity contribution is 6.34. The molecule has 0 aliphatic rings. The van der Waals surface area contributed by atoms with E-state index in [1.54, 1.807) is 0 Å². The van der Waals surface area contributed by atoms with Gasteiger partial charge >= 0.3 is 6.18 Å². The summed E-state index contributed by atoms with van der Waals surface area (Å²) in [5, 5.41) is 9.22. The van der Waals surface area contributed by atoms with E-state index in [0.717, 1.165) is 12.1 Å². The van der Waals surface area contributed by atoms with Crippen molar-refractivity contribution in [1.29, 1.82) is 0 Å². The normalized spacial score (nSPS) is 12.1.